The topological polar surface area (TPSA) is 210 Å². The number of hydrogen-bond donors (Lipinski definition) is 4. The largest absolute Gasteiger partial charge is 0.481 e. The molecule has 1 amide bonds. The highest BCUT2D eigenvalue weighted by atomic mass is 33.4. The Hall–Kier alpha value is 2.10. The van der Waals surface area contributed by atoms with Crippen LogP contribution in [0.1, 0.15) is 13.3 Å². The average Bonchev–Trinajstić information content (AvgIpc) is 3.00. The summed E-state index contributed by atoms with van der Waals surface area (Å²) in [6.45, 7) is 2.27. The summed E-state index contributed by atoms with van der Waals surface area (Å²) in [4.78, 5) is 24.6. The standard InChI is InChI=1S/C4H8N4O2.C3H9N.C2H3N3O2.S11.S10/c5-8-7-3-4(10)6-1-2-9;1-2-3-4;3-5-4-1-2(6)7;1-3-5-7-9-11-10-8-6-4-2;1-3-5-7-9-10-8-6-4-2/h9H,1-3H2,(H,6,10);2-4H2,1H3;1H2,(H,6,7);;. The Labute approximate surface area is 310 Å². The van der Waals surface area contributed by atoms with Crippen molar-refractivity contribution in [1.29, 1.82) is 0 Å². The molecular formula is C9H20N8O4S21. The molecular weight excluding hydrogens is 958 g/mol. The molecule has 0 heterocycles. The third-order valence-electron chi connectivity index (χ3n) is 1.69. The van der Waals surface area contributed by atoms with E-state index in [1.807, 2.05) is 0 Å². The summed E-state index contributed by atoms with van der Waals surface area (Å²) in [5.41, 5.74) is 20.3. The number of carbonyl (C=O) groups excluding carboxylic acids is 1. The Balaban J connectivity index is -0.000000140. The van der Waals surface area contributed by atoms with Gasteiger partial charge in [-0.25, -0.2) is 0 Å². The lowest BCUT2D eigenvalue weighted by atomic mass is 10.5. The molecule has 42 heavy (non-hydrogen) atoms. The van der Waals surface area contributed by atoms with Crippen molar-refractivity contribution in [1.82, 2.24) is 5.32 Å². The van der Waals surface area contributed by atoms with Gasteiger partial charge < -0.3 is 21.3 Å². The van der Waals surface area contributed by atoms with Crippen LogP contribution in [-0.2, 0) is 205 Å². The van der Waals surface area contributed by atoms with Crippen molar-refractivity contribution < 1.29 is 19.8 Å². The predicted octanol–water partition coefficient (Wildman–Crippen LogP) is 0.0912. The van der Waals surface area contributed by atoms with Crippen LogP contribution >= 0.6 is 0 Å². The van der Waals surface area contributed by atoms with Crippen LogP contribution in [-0.4, -0.2) is 54.9 Å². The first-order chi connectivity index (χ1) is 20.3. The molecule has 33 heteroatoms. The van der Waals surface area contributed by atoms with E-state index in [1.54, 1.807) is 115 Å². The van der Waals surface area contributed by atoms with E-state index >= 15 is 0 Å². The van der Waals surface area contributed by atoms with E-state index in [1.165, 1.54) is 35.5 Å². The Kier molecular flexibility index (Phi) is 74.8. The molecule has 12 nitrogen and oxygen atoms in total. The molecule has 0 aromatic carbocycles. The smallest absolute Gasteiger partial charge is 0.309 e. The number of hydrogen-bond acceptors (Lipinski definition) is 10. The Morgan fingerprint density at radius 2 is 1.05 bits per heavy atom. The molecule has 0 atom stereocenters. The number of nitrogens with zero attached hydrogens (tertiary/aromatic N) is 6. The number of aliphatic hydroxyl groups excluding tert-OH is 1. The Morgan fingerprint density at radius 1 is 0.738 bits per heavy atom. The van der Waals surface area contributed by atoms with Gasteiger partial charge in [-0.3, -0.25) is 9.59 Å². The number of azide groups is 2. The SMILES string of the molecule is CCCN.S=S=S=S=S=S=S=S=S=S.S=S=S=S=S=S=S=S=S=S=S.[N-]=[N+]=NCC(=O)NCCO.[N-]=[N+]=NCC(=O)O. The molecule has 0 saturated carbocycles. The highest BCUT2D eigenvalue weighted by Crippen LogP contribution is 1.70. The van der Waals surface area contributed by atoms with E-state index in [0.717, 1.165) is 13.0 Å². The first-order valence-corrected chi connectivity index (χ1v) is 34.3. The van der Waals surface area contributed by atoms with E-state index in [-0.39, 0.29) is 25.6 Å². The van der Waals surface area contributed by atoms with Crippen LogP contribution in [0.4, 0.5) is 0 Å². The lowest BCUT2D eigenvalue weighted by Crippen LogP contribution is -2.28. The van der Waals surface area contributed by atoms with E-state index in [9.17, 15) is 9.59 Å². The number of rotatable bonds is 7. The van der Waals surface area contributed by atoms with Gasteiger partial charge in [0.25, 0.3) is 0 Å². The van der Waals surface area contributed by atoms with Crippen LogP contribution in [0.15, 0.2) is 10.2 Å². The predicted molar refractivity (Wildman–Crippen MR) is 230 cm³/mol. The van der Waals surface area contributed by atoms with Crippen molar-refractivity contribution in [3.8, 4) is 0 Å². The molecule has 0 spiro atoms. The van der Waals surface area contributed by atoms with Crippen molar-refractivity contribution in [3.63, 3.8) is 0 Å². The number of aliphatic carboxylic acids is 1. The summed E-state index contributed by atoms with van der Waals surface area (Å²) in [5, 5.41) is 24.1. The summed E-state index contributed by atoms with van der Waals surface area (Å²) >= 11 is 18.7. The zero-order chi connectivity index (χ0) is 33.0. The zero-order valence-corrected chi connectivity index (χ0v) is 37.4. The van der Waals surface area contributed by atoms with Crippen LogP contribution in [0.25, 0.3) is 20.9 Å². The minimum Gasteiger partial charge on any atom is -0.481 e. The molecule has 0 unspecified atom stereocenters. The minimum atomic E-state index is -1.11. The molecule has 0 aromatic rings. The third kappa shape index (κ3) is 78.5. The van der Waals surface area contributed by atoms with Crippen molar-refractivity contribution >= 4 is 208 Å². The number of carboxylic acids is 1. The number of carboxylic acid groups (broad SMARTS) is 1. The summed E-state index contributed by atoms with van der Waals surface area (Å²) in [6.07, 6.45) is 1.10. The number of carbonyl (C=O) groups is 2. The number of nitrogens with two attached hydrogens (primary N) is 1. The molecule has 0 saturated heterocycles. The van der Waals surface area contributed by atoms with Gasteiger partial charge in [-0.2, -0.15) is 0 Å². The maximum atomic E-state index is 10.5. The van der Waals surface area contributed by atoms with Gasteiger partial charge in [0.1, 0.15) is 13.1 Å². The van der Waals surface area contributed by atoms with Crippen molar-refractivity contribution in [2.75, 3.05) is 32.8 Å². The Bertz CT molecular complexity index is 1520. The second-order valence-corrected chi connectivity index (χ2v) is 34.3. The molecule has 0 radical (unpaired) electrons. The minimum absolute atomic E-state index is 0.109. The van der Waals surface area contributed by atoms with E-state index in [4.69, 9.17) is 27.0 Å². The Morgan fingerprint density at radius 3 is 1.26 bits per heavy atom. The summed E-state index contributed by atoms with van der Waals surface area (Å²) in [5.74, 6) is -1.50. The van der Waals surface area contributed by atoms with Crippen LogP contribution in [0.2, 0.25) is 0 Å². The second-order valence-electron chi connectivity index (χ2n) is 4.19. The third-order valence-corrected chi connectivity index (χ3v) is 35.0. The lowest BCUT2D eigenvalue weighted by molar-refractivity contribution is -0.135. The van der Waals surface area contributed by atoms with Gasteiger partial charge in [-0.05, 0) is 24.0 Å². The van der Waals surface area contributed by atoms with Gasteiger partial charge in [0, 0.05) is 212 Å². The molecule has 246 valence electrons. The second kappa shape index (κ2) is 58.6. The quantitative estimate of drug-likeness (QED) is 0.155. The molecule has 5 N–H and O–H groups in total. The lowest BCUT2D eigenvalue weighted by Gasteiger charge is -1.96. The maximum Gasteiger partial charge on any atom is 0.309 e. The molecule has 0 bridgehead atoms. The molecule has 0 aliphatic heterocycles. The average molecular weight is 978 g/mol. The highest BCUT2D eigenvalue weighted by molar-refractivity contribution is 8.74. The monoisotopic (exact) mass is 976 g/mol. The fraction of sp³-hybridized carbons (Fsp3) is 0.778. The summed E-state index contributed by atoms with van der Waals surface area (Å²) < 4.78 is 0. The summed E-state index contributed by atoms with van der Waals surface area (Å²) in [7, 11) is 27.2. The fourth-order valence-corrected chi connectivity index (χ4v) is 36.3. The van der Waals surface area contributed by atoms with Gasteiger partial charge in [0.2, 0.25) is 5.91 Å². The molecule has 0 aromatic heterocycles. The van der Waals surface area contributed by atoms with Crippen LogP contribution in [0.3, 0.4) is 0 Å². The molecule has 0 fully saturated rings. The summed E-state index contributed by atoms with van der Waals surface area (Å²) in [6, 6.07) is 0. The van der Waals surface area contributed by atoms with Crippen LogP contribution in [0.5, 0.6) is 0 Å². The van der Waals surface area contributed by atoms with Gasteiger partial charge in [-0.15, -0.1) is 0 Å². The highest BCUT2D eigenvalue weighted by Gasteiger charge is 1.94. The molecule has 0 aliphatic carbocycles. The van der Waals surface area contributed by atoms with E-state index in [2.05, 4.69) is 77.0 Å². The van der Waals surface area contributed by atoms with Crippen LogP contribution in [0, 0.1) is 0 Å². The maximum absolute atomic E-state index is 10.5. The van der Waals surface area contributed by atoms with E-state index < -0.39 is 12.5 Å². The number of aliphatic hydroxyl groups is 1. The van der Waals surface area contributed by atoms with Gasteiger partial charge in [-0.1, -0.05) is 17.2 Å². The van der Waals surface area contributed by atoms with Gasteiger partial charge in [0.05, 0.1) is 6.61 Å². The molecule has 0 rings (SSSR count). The number of amides is 1. The van der Waals surface area contributed by atoms with Crippen molar-refractivity contribution in [3.05, 3.63) is 20.9 Å². The van der Waals surface area contributed by atoms with Crippen LogP contribution < -0.4 is 11.1 Å². The van der Waals surface area contributed by atoms with Crippen molar-refractivity contribution in [2.24, 2.45) is 16.0 Å². The van der Waals surface area contributed by atoms with Crippen molar-refractivity contribution in [2.45, 2.75) is 13.3 Å². The first-order valence-electron chi connectivity index (χ1n) is 8.97. The normalized spacial score (nSPS) is 7.21. The molecule has 0 aliphatic rings. The van der Waals surface area contributed by atoms with Gasteiger partial charge >= 0.3 is 5.97 Å². The van der Waals surface area contributed by atoms with E-state index in [0.29, 0.717) is 0 Å². The zero-order valence-electron chi connectivity index (χ0n) is 20.3. The number of nitrogens with one attached hydrogen (secondary N) is 1. The first kappa shape index (κ1) is 53.6. The van der Waals surface area contributed by atoms with Gasteiger partial charge in [0.15, 0.2) is 0 Å². The fourth-order valence-electron chi connectivity index (χ4n) is 0.587.